The minimum absolute atomic E-state index is 0.963. The van der Waals surface area contributed by atoms with Gasteiger partial charge in [-0.3, -0.25) is 0 Å². The molecule has 2 aliphatic rings. The first kappa shape index (κ1) is 8.92. The van der Waals surface area contributed by atoms with Gasteiger partial charge in [-0.25, -0.2) is 0 Å². The predicted octanol–water partition coefficient (Wildman–Crippen LogP) is 2.24. The Hall–Kier alpha value is -0.660. The summed E-state index contributed by atoms with van der Waals surface area (Å²) in [5, 5.41) is 0. The molecule has 0 amide bonds. The molecule has 2 nitrogen and oxygen atoms in total. The molecule has 13 heavy (non-hydrogen) atoms. The van der Waals surface area contributed by atoms with Gasteiger partial charge in [0.1, 0.15) is 0 Å². The Morgan fingerprint density at radius 1 is 1.15 bits per heavy atom. The van der Waals surface area contributed by atoms with Crippen molar-refractivity contribution in [3.63, 3.8) is 0 Å². The molecule has 0 bridgehead atoms. The molecule has 74 valence electrons. The fourth-order valence-electron chi connectivity index (χ4n) is 2.41. The Morgan fingerprint density at radius 2 is 1.92 bits per heavy atom. The molecular weight excluding hydrogens is 160 g/mol. The summed E-state index contributed by atoms with van der Waals surface area (Å²) in [6, 6.07) is 0. The van der Waals surface area contributed by atoms with E-state index in [2.05, 4.69) is 29.2 Å². The minimum atomic E-state index is 0.963. The SMILES string of the molecule is CN1C=CN(CC2CCCCC2)C1. The van der Waals surface area contributed by atoms with E-state index in [4.69, 9.17) is 0 Å². The topological polar surface area (TPSA) is 6.48 Å². The fourth-order valence-corrected chi connectivity index (χ4v) is 2.41. The first-order chi connectivity index (χ1) is 6.34. The molecule has 2 rings (SSSR count). The van der Waals surface area contributed by atoms with Gasteiger partial charge >= 0.3 is 0 Å². The molecule has 2 heteroatoms. The fraction of sp³-hybridized carbons (Fsp3) is 0.818. The van der Waals surface area contributed by atoms with Crippen molar-refractivity contribution in [3.05, 3.63) is 12.4 Å². The van der Waals surface area contributed by atoms with E-state index in [9.17, 15) is 0 Å². The molecule has 0 aromatic heterocycles. The van der Waals surface area contributed by atoms with Gasteiger partial charge in [0.25, 0.3) is 0 Å². The summed E-state index contributed by atoms with van der Waals surface area (Å²) in [4.78, 5) is 4.68. The second-order valence-electron chi connectivity index (χ2n) is 4.47. The molecular formula is C11H20N2. The molecule has 1 aliphatic heterocycles. The van der Waals surface area contributed by atoms with Crippen LogP contribution in [-0.2, 0) is 0 Å². The van der Waals surface area contributed by atoms with Crippen LogP contribution in [0.5, 0.6) is 0 Å². The van der Waals surface area contributed by atoms with Gasteiger partial charge in [0, 0.05) is 26.0 Å². The lowest BCUT2D eigenvalue weighted by atomic mass is 9.89. The number of hydrogen-bond donors (Lipinski definition) is 0. The maximum absolute atomic E-state index is 2.44. The molecule has 0 saturated heterocycles. The lowest BCUT2D eigenvalue weighted by Crippen LogP contribution is -2.28. The average molecular weight is 180 g/mol. The Balaban J connectivity index is 1.74. The third-order valence-corrected chi connectivity index (χ3v) is 3.15. The van der Waals surface area contributed by atoms with E-state index in [0.29, 0.717) is 0 Å². The Bertz CT molecular complexity index is 183. The van der Waals surface area contributed by atoms with Crippen molar-refractivity contribution < 1.29 is 0 Å². The highest BCUT2D eigenvalue weighted by molar-refractivity contribution is 4.89. The van der Waals surface area contributed by atoms with E-state index in [1.807, 2.05) is 0 Å². The van der Waals surface area contributed by atoms with Crippen LogP contribution in [0.2, 0.25) is 0 Å². The molecule has 1 fully saturated rings. The van der Waals surface area contributed by atoms with E-state index in [1.54, 1.807) is 0 Å². The van der Waals surface area contributed by atoms with Crippen LogP contribution in [0.3, 0.4) is 0 Å². The van der Waals surface area contributed by atoms with Crippen molar-refractivity contribution in [3.8, 4) is 0 Å². The Kier molecular flexibility index (Phi) is 2.77. The van der Waals surface area contributed by atoms with Gasteiger partial charge in [0.15, 0.2) is 0 Å². The van der Waals surface area contributed by atoms with Crippen LogP contribution in [0.15, 0.2) is 12.4 Å². The van der Waals surface area contributed by atoms with Gasteiger partial charge in [-0.2, -0.15) is 0 Å². The number of rotatable bonds is 2. The van der Waals surface area contributed by atoms with Crippen LogP contribution in [0.4, 0.5) is 0 Å². The molecule has 0 atom stereocenters. The summed E-state index contributed by atoms with van der Waals surface area (Å²) in [5.41, 5.74) is 0. The summed E-state index contributed by atoms with van der Waals surface area (Å²) in [7, 11) is 2.14. The highest BCUT2D eigenvalue weighted by Gasteiger charge is 2.17. The van der Waals surface area contributed by atoms with Crippen molar-refractivity contribution in [1.82, 2.24) is 9.80 Å². The van der Waals surface area contributed by atoms with Crippen LogP contribution in [0.1, 0.15) is 32.1 Å². The third-order valence-electron chi connectivity index (χ3n) is 3.15. The van der Waals surface area contributed by atoms with Crippen molar-refractivity contribution in [2.24, 2.45) is 5.92 Å². The maximum Gasteiger partial charge on any atom is 0.0890 e. The van der Waals surface area contributed by atoms with Gasteiger partial charge in [0.2, 0.25) is 0 Å². The molecule has 1 heterocycles. The average Bonchev–Trinajstić information content (AvgIpc) is 2.53. The van der Waals surface area contributed by atoms with Crippen LogP contribution >= 0.6 is 0 Å². The molecule has 0 radical (unpaired) electrons. The quantitative estimate of drug-likeness (QED) is 0.643. The second-order valence-corrected chi connectivity index (χ2v) is 4.47. The van der Waals surface area contributed by atoms with E-state index in [1.165, 1.54) is 38.6 Å². The van der Waals surface area contributed by atoms with Crippen molar-refractivity contribution in [1.29, 1.82) is 0 Å². The second kappa shape index (κ2) is 4.03. The number of hydrogen-bond acceptors (Lipinski definition) is 2. The van der Waals surface area contributed by atoms with Gasteiger partial charge in [-0.15, -0.1) is 0 Å². The van der Waals surface area contributed by atoms with Gasteiger partial charge in [-0.1, -0.05) is 19.3 Å². The first-order valence-corrected chi connectivity index (χ1v) is 5.47. The molecule has 0 spiro atoms. The zero-order chi connectivity index (χ0) is 9.10. The lowest BCUT2D eigenvalue weighted by Gasteiger charge is -2.27. The van der Waals surface area contributed by atoms with Crippen LogP contribution in [-0.4, -0.2) is 30.1 Å². The molecule has 0 unspecified atom stereocenters. The monoisotopic (exact) mass is 180 g/mol. The molecule has 0 aromatic carbocycles. The summed E-state index contributed by atoms with van der Waals surface area (Å²) in [6.07, 6.45) is 11.7. The van der Waals surface area contributed by atoms with E-state index < -0.39 is 0 Å². The molecule has 0 N–H and O–H groups in total. The van der Waals surface area contributed by atoms with E-state index >= 15 is 0 Å². The predicted molar refractivity (Wildman–Crippen MR) is 55.1 cm³/mol. The van der Waals surface area contributed by atoms with Gasteiger partial charge in [-0.05, 0) is 18.8 Å². The summed E-state index contributed by atoms with van der Waals surface area (Å²) in [5.74, 6) is 0.963. The largest absolute Gasteiger partial charge is 0.362 e. The maximum atomic E-state index is 2.44. The van der Waals surface area contributed by atoms with Gasteiger partial charge in [0.05, 0.1) is 6.67 Å². The van der Waals surface area contributed by atoms with Crippen LogP contribution < -0.4 is 0 Å². The molecule has 1 saturated carbocycles. The van der Waals surface area contributed by atoms with Gasteiger partial charge < -0.3 is 9.80 Å². The zero-order valence-corrected chi connectivity index (χ0v) is 8.58. The Morgan fingerprint density at radius 3 is 2.54 bits per heavy atom. The summed E-state index contributed by atoms with van der Waals surface area (Å²) in [6.45, 7) is 2.37. The normalized spacial score (nSPS) is 24.4. The minimum Gasteiger partial charge on any atom is -0.362 e. The summed E-state index contributed by atoms with van der Waals surface area (Å²) < 4.78 is 0. The molecule has 0 aromatic rings. The van der Waals surface area contributed by atoms with Crippen molar-refractivity contribution >= 4 is 0 Å². The first-order valence-electron chi connectivity index (χ1n) is 5.47. The van der Waals surface area contributed by atoms with Crippen LogP contribution in [0.25, 0.3) is 0 Å². The van der Waals surface area contributed by atoms with E-state index in [-0.39, 0.29) is 0 Å². The van der Waals surface area contributed by atoms with Crippen molar-refractivity contribution in [2.75, 3.05) is 20.3 Å². The highest BCUT2D eigenvalue weighted by Crippen LogP contribution is 2.25. The lowest BCUT2D eigenvalue weighted by molar-refractivity contribution is 0.226. The van der Waals surface area contributed by atoms with Crippen molar-refractivity contribution in [2.45, 2.75) is 32.1 Å². The standard InChI is InChI=1S/C11H20N2/c1-12-7-8-13(10-12)9-11-5-3-2-4-6-11/h7-8,11H,2-6,9-10H2,1H3. The number of nitrogens with zero attached hydrogens (tertiary/aromatic N) is 2. The molecule has 1 aliphatic carbocycles. The van der Waals surface area contributed by atoms with Crippen LogP contribution in [0, 0.1) is 5.92 Å². The van der Waals surface area contributed by atoms with E-state index in [0.717, 1.165) is 12.6 Å². The Labute approximate surface area is 81.2 Å². The summed E-state index contributed by atoms with van der Waals surface area (Å²) >= 11 is 0. The zero-order valence-electron chi connectivity index (χ0n) is 8.58. The smallest absolute Gasteiger partial charge is 0.0890 e. The third kappa shape index (κ3) is 2.39. The highest BCUT2D eigenvalue weighted by atomic mass is 15.3.